The molecule has 0 aliphatic heterocycles. The summed E-state index contributed by atoms with van der Waals surface area (Å²) < 4.78 is 7.26. The maximum atomic E-state index is 5.14. The van der Waals surface area contributed by atoms with Crippen molar-refractivity contribution in [3.8, 4) is 5.75 Å². The molecular weight excluding hydrogens is 250 g/mol. The van der Waals surface area contributed by atoms with Crippen molar-refractivity contribution in [1.82, 2.24) is 0 Å². The molecule has 1 heterocycles. The second-order valence-electron chi connectivity index (χ2n) is 4.43. The lowest BCUT2D eigenvalue weighted by Crippen LogP contribution is -2.30. The molecule has 0 N–H and O–H groups in total. The van der Waals surface area contributed by atoms with Crippen molar-refractivity contribution >= 4 is 11.9 Å². The van der Waals surface area contributed by atoms with Gasteiger partial charge in [-0.3, -0.25) is 5.01 Å². The number of methoxy groups -OCH3 is 1. The minimum absolute atomic E-state index is 0.846. The van der Waals surface area contributed by atoms with Crippen molar-refractivity contribution in [3.63, 3.8) is 0 Å². The van der Waals surface area contributed by atoms with Crippen LogP contribution in [-0.4, -0.2) is 20.4 Å². The van der Waals surface area contributed by atoms with E-state index in [1.54, 1.807) is 7.11 Å². The molecule has 0 radical (unpaired) electrons. The van der Waals surface area contributed by atoms with Gasteiger partial charge in [0.2, 0.25) is 0 Å². The first-order valence-corrected chi connectivity index (χ1v) is 6.64. The lowest BCUT2D eigenvalue weighted by atomic mass is 10.3. The normalized spacial score (nSPS) is 10.8. The van der Waals surface area contributed by atoms with Gasteiger partial charge in [-0.25, -0.2) is 4.57 Å². The quantitative estimate of drug-likeness (QED) is 0.474. The molecule has 0 aliphatic rings. The van der Waals surface area contributed by atoms with E-state index in [-0.39, 0.29) is 0 Å². The Morgan fingerprint density at radius 2 is 1.80 bits per heavy atom. The smallest absolute Gasteiger partial charge is 0.169 e. The van der Waals surface area contributed by atoms with Gasteiger partial charge in [0.05, 0.1) is 19.0 Å². The first kappa shape index (κ1) is 14.1. The summed E-state index contributed by atoms with van der Waals surface area (Å²) in [5, 5.41) is 6.27. The second-order valence-corrected chi connectivity index (χ2v) is 4.43. The minimum atomic E-state index is 0.846. The summed E-state index contributed by atoms with van der Waals surface area (Å²) >= 11 is 0. The number of hydrogen-bond acceptors (Lipinski definition) is 3. The molecule has 0 saturated carbocycles. The van der Waals surface area contributed by atoms with Gasteiger partial charge in [-0.05, 0) is 31.2 Å². The highest BCUT2D eigenvalue weighted by Crippen LogP contribution is 2.18. The zero-order chi connectivity index (χ0) is 14.4. The number of pyridine rings is 1. The summed E-state index contributed by atoms with van der Waals surface area (Å²) in [4.78, 5) is 0. The van der Waals surface area contributed by atoms with Gasteiger partial charge < -0.3 is 4.74 Å². The van der Waals surface area contributed by atoms with Gasteiger partial charge >= 0.3 is 0 Å². The molecule has 0 bridgehead atoms. The van der Waals surface area contributed by atoms with Crippen molar-refractivity contribution < 1.29 is 9.30 Å². The highest BCUT2D eigenvalue weighted by atomic mass is 16.5. The number of anilines is 1. The molecule has 20 heavy (non-hydrogen) atoms. The molecule has 0 saturated heterocycles. The highest BCUT2D eigenvalue weighted by Gasteiger charge is 1.99. The van der Waals surface area contributed by atoms with E-state index in [1.807, 2.05) is 42.5 Å². The van der Waals surface area contributed by atoms with Gasteiger partial charge in [-0.1, -0.05) is 0 Å². The Balaban J connectivity index is 2.04. The maximum Gasteiger partial charge on any atom is 0.169 e. The van der Waals surface area contributed by atoms with Gasteiger partial charge in [0.1, 0.15) is 12.3 Å². The van der Waals surface area contributed by atoms with Crippen LogP contribution in [0.2, 0.25) is 0 Å². The molecule has 1 aromatic heterocycles. The molecule has 4 heteroatoms. The highest BCUT2D eigenvalue weighted by molar-refractivity contribution is 5.79. The zero-order valence-electron chi connectivity index (χ0n) is 12.2. The number of benzene rings is 1. The fourth-order valence-electron chi connectivity index (χ4n) is 1.78. The predicted molar refractivity (Wildman–Crippen MR) is 81.3 cm³/mol. The third-order valence-electron chi connectivity index (χ3n) is 3.11. The van der Waals surface area contributed by atoms with E-state index in [4.69, 9.17) is 4.74 Å². The van der Waals surface area contributed by atoms with Crippen LogP contribution >= 0.6 is 0 Å². The van der Waals surface area contributed by atoms with Crippen LogP contribution in [0, 0.1) is 0 Å². The average Bonchev–Trinajstić information content (AvgIpc) is 2.53. The number of hydrogen-bond donors (Lipinski definition) is 0. The van der Waals surface area contributed by atoms with Crippen LogP contribution in [0.25, 0.3) is 0 Å². The van der Waals surface area contributed by atoms with Crippen molar-refractivity contribution in [2.75, 3.05) is 19.2 Å². The molecule has 0 fully saturated rings. The van der Waals surface area contributed by atoms with E-state index in [1.165, 1.54) is 0 Å². The van der Waals surface area contributed by atoms with E-state index >= 15 is 0 Å². The second kappa shape index (κ2) is 6.70. The molecule has 0 unspecified atom stereocenters. The number of rotatable bonds is 5. The standard InChI is InChI=1S/C16H20N3O/c1-4-19-11-9-14(10-12-19)13-17-18(2)15-5-7-16(20-3)8-6-15/h5-13H,4H2,1-3H3/q+1. The molecule has 0 aliphatic carbocycles. The first-order chi connectivity index (χ1) is 9.72. The Bertz CT molecular complexity index is 561. The average molecular weight is 270 g/mol. The molecule has 4 nitrogen and oxygen atoms in total. The van der Waals surface area contributed by atoms with Crippen LogP contribution in [0.1, 0.15) is 12.5 Å². The number of hydrazone groups is 1. The van der Waals surface area contributed by atoms with Crippen LogP contribution in [-0.2, 0) is 6.54 Å². The topological polar surface area (TPSA) is 28.7 Å². The summed E-state index contributed by atoms with van der Waals surface area (Å²) in [6.45, 7) is 3.09. The lowest BCUT2D eigenvalue weighted by molar-refractivity contribution is -0.693. The molecule has 2 aromatic rings. The Morgan fingerprint density at radius 1 is 1.15 bits per heavy atom. The number of ether oxygens (including phenoxy) is 1. The third kappa shape index (κ3) is 3.57. The third-order valence-corrected chi connectivity index (χ3v) is 3.11. The summed E-state index contributed by atoms with van der Waals surface area (Å²) in [6.07, 6.45) is 5.95. The van der Waals surface area contributed by atoms with E-state index < -0.39 is 0 Å². The van der Waals surface area contributed by atoms with Gasteiger partial charge in [0, 0.05) is 24.7 Å². The molecular formula is C16H20N3O+. The van der Waals surface area contributed by atoms with Crippen LogP contribution in [0.5, 0.6) is 5.75 Å². The van der Waals surface area contributed by atoms with Gasteiger partial charge in [0.25, 0.3) is 0 Å². The van der Waals surface area contributed by atoms with Crippen LogP contribution in [0.3, 0.4) is 0 Å². The fraction of sp³-hybridized carbons (Fsp3) is 0.250. The Hall–Kier alpha value is -2.36. The molecule has 0 amide bonds. The monoisotopic (exact) mass is 270 g/mol. The number of aromatic nitrogens is 1. The van der Waals surface area contributed by atoms with Crippen molar-refractivity contribution in [2.45, 2.75) is 13.5 Å². The molecule has 0 atom stereocenters. The summed E-state index contributed by atoms with van der Waals surface area (Å²) in [7, 11) is 3.59. The Morgan fingerprint density at radius 3 is 2.35 bits per heavy atom. The van der Waals surface area contributed by atoms with E-state index in [9.17, 15) is 0 Å². The summed E-state index contributed by atoms with van der Waals surface area (Å²) in [6, 6.07) is 11.9. The minimum Gasteiger partial charge on any atom is -0.497 e. The van der Waals surface area contributed by atoms with Crippen LogP contribution < -0.4 is 14.3 Å². The van der Waals surface area contributed by atoms with Crippen LogP contribution in [0.15, 0.2) is 53.9 Å². The van der Waals surface area contributed by atoms with Crippen molar-refractivity contribution in [3.05, 3.63) is 54.4 Å². The van der Waals surface area contributed by atoms with E-state index in [0.29, 0.717) is 0 Å². The van der Waals surface area contributed by atoms with E-state index in [0.717, 1.165) is 23.5 Å². The van der Waals surface area contributed by atoms with Crippen molar-refractivity contribution in [1.29, 1.82) is 0 Å². The maximum absolute atomic E-state index is 5.14. The number of nitrogens with zero attached hydrogens (tertiary/aromatic N) is 3. The first-order valence-electron chi connectivity index (χ1n) is 6.64. The number of aryl methyl sites for hydroxylation is 1. The fourth-order valence-corrected chi connectivity index (χ4v) is 1.78. The SMILES string of the molecule is CC[n+]1ccc(C=NN(C)c2ccc(OC)cc2)cc1. The predicted octanol–water partition coefficient (Wildman–Crippen LogP) is 2.47. The van der Waals surface area contributed by atoms with Gasteiger partial charge in [-0.2, -0.15) is 5.10 Å². The van der Waals surface area contributed by atoms with Crippen molar-refractivity contribution in [2.24, 2.45) is 5.10 Å². The van der Waals surface area contributed by atoms with Gasteiger partial charge in [0.15, 0.2) is 12.4 Å². The molecule has 1 aromatic carbocycles. The largest absolute Gasteiger partial charge is 0.497 e. The summed E-state index contributed by atoms with van der Waals surface area (Å²) in [5.74, 6) is 0.846. The Kier molecular flexibility index (Phi) is 4.71. The molecule has 104 valence electrons. The summed E-state index contributed by atoms with van der Waals surface area (Å²) in [5.41, 5.74) is 2.09. The lowest BCUT2D eigenvalue weighted by Gasteiger charge is -2.12. The van der Waals surface area contributed by atoms with Gasteiger partial charge in [-0.15, -0.1) is 0 Å². The van der Waals surface area contributed by atoms with E-state index in [2.05, 4.69) is 41.1 Å². The molecule has 0 spiro atoms. The Labute approximate surface area is 119 Å². The zero-order valence-corrected chi connectivity index (χ0v) is 12.2. The molecule has 2 rings (SSSR count). The van der Waals surface area contributed by atoms with Crippen LogP contribution in [0.4, 0.5) is 5.69 Å².